The van der Waals surface area contributed by atoms with Crippen LogP contribution in [0.1, 0.15) is 39.5 Å². The first-order valence-corrected chi connectivity index (χ1v) is 4.58. The zero-order chi connectivity index (χ0) is 9.40. The number of rotatable bonds is 6. The highest BCUT2D eigenvalue weighted by atomic mass is 16.4. The molecule has 0 fully saturated rings. The molecule has 0 aromatic rings. The molecule has 1 N–H and O–H groups in total. The molecule has 0 aromatic carbocycles. The van der Waals surface area contributed by atoms with Crippen molar-refractivity contribution >= 4 is 5.97 Å². The van der Waals surface area contributed by atoms with Crippen LogP contribution in [-0.2, 0) is 4.79 Å². The minimum Gasteiger partial charge on any atom is -0.481 e. The van der Waals surface area contributed by atoms with E-state index in [-0.39, 0.29) is 5.92 Å². The molecule has 0 aromatic heterocycles. The quantitative estimate of drug-likeness (QED) is 0.491. The minimum absolute atomic E-state index is 0.341. The van der Waals surface area contributed by atoms with Gasteiger partial charge in [-0.25, -0.2) is 0 Å². The van der Waals surface area contributed by atoms with Gasteiger partial charge in [0.25, 0.3) is 0 Å². The fourth-order valence-electron chi connectivity index (χ4n) is 0.895. The maximum atomic E-state index is 10.4. The van der Waals surface area contributed by atoms with E-state index < -0.39 is 5.97 Å². The molecule has 0 rings (SSSR count). The number of aliphatic carboxylic acids is 1. The van der Waals surface area contributed by atoms with Crippen LogP contribution in [-0.4, -0.2) is 11.1 Å². The van der Waals surface area contributed by atoms with E-state index in [1.807, 2.05) is 6.08 Å². The van der Waals surface area contributed by atoms with Crippen molar-refractivity contribution in [2.24, 2.45) is 5.92 Å². The van der Waals surface area contributed by atoms with E-state index in [1.54, 1.807) is 13.0 Å². The topological polar surface area (TPSA) is 37.3 Å². The fraction of sp³-hybridized carbons (Fsp3) is 0.700. The van der Waals surface area contributed by atoms with Crippen molar-refractivity contribution in [2.75, 3.05) is 0 Å². The van der Waals surface area contributed by atoms with Gasteiger partial charge in [0, 0.05) is 0 Å². The summed E-state index contributed by atoms with van der Waals surface area (Å²) in [4.78, 5) is 10.4. The zero-order valence-corrected chi connectivity index (χ0v) is 7.92. The van der Waals surface area contributed by atoms with Gasteiger partial charge < -0.3 is 5.11 Å². The van der Waals surface area contributed by atoms with Crippen LogP contribution in [0.5, 0.6) is 0 Å². The van der Waals surface area contributed by atoms with Gasteiger partial charge in [-0.1, -0.05) is 31.9 Å². The monoisotopic (exact) mass is 170 g/mol. The number of carbonyl (C=O) groups is 1. The van der Waals surface area contributed by atoms with Crippen molar-refractivity contribution in [1.29, 1.82) is 0 Å². The van der Waals surface area contributed by atoms with Crippen molar-refractivity contribution in [3.63, 3.8) is 0 Å². The standard InChI is InChI=1S/C10H18O2/c1-3-4-5-6-7-8-9(2)10(11)12/h7-9H,3-6H2,1-2H3,(H,11,12). The smallest absolute Gasteiger partial charge is 0.310 e. The van der Waals surface area contributed by atoms with Crippen LogP contribution in [0.3, 0.4) is 0 Å². The van der Waals surface area contributed by atoms with Gasteiger partial charge in [-0.2, -0.15) is 0 Å². The van der Waals surface area contributed by atoms with Gasteiger partial charge in [0.15, 0.2) is 0 Å². The van der Waals surface area contributed by atoms with E-state index in [9.17, 15) is 4.79 Å². The second kappa shape index (κ2) is 6.89. The molecule has 0 aliphatic rings. The summed E-state index contributed by atoms with van der Waals surface area (Å²) in [6.45, 7) is 3.85. The highest BCUT2D eigenvalue weighted by Crippen LogP contribution is 2.02. The van der Waals surface area contributed by atoms with Crippen molar-refractivity contribution in [3.05, 3.63) is 12.2 Å². The number of carboxylic acids is 1. The molecule has 2 heteroatoms. The number of hydrogen-bond acceptors (Lipinski definition) is 1. The number of hydrogen-bond donors (Lipinski definition) is 1. The van der Waals surface area contributed by atoms with Crippen LogP contribution in [0.2, 0.25) is 0 Å². The van der Waals surface area contributed by atoms with E-state index in [1.165, 1.54) is 19.3 Å². The Labute approximate surface area is 74.3 Å². The lowest BCUT2D eigenvalue weighted by Gasteiger charge is -1.97. The lowest BCUT2D eigenvalue weighted by Crippen LogP contribution is -2.05. The zero-order valence-electron chi connectivity index (χ0n) is 7.92. The lowest BCUT2D eigenvalue weighted by molar-refractivity contribution is -0.139. The number of unbranched alkanes of at least 4 members (excludes halogenated alkanes) is 3. The van der Waals surface area contributed by atoms with Crippen molar-refractivity contribution in [3.8, 4) is 0 Å². The van der Waals surface area contributed by atoms with E-state index in [0.717, 1.165) is 6.42 Å². The van der Waals surface area contributed by atoms with Gasteiger partial charge in [-0.15, -0.1) is 0 Å². The molecule has 0 saturated carbocycles. The Morgan fingerprint density at radius 2 is 2.17 bits per heavy atom. The Balaban J connectivity index is 3.41. The highest BCUT2D eigenvalue weighted by molar-refractivity contribution is 5.71. The number of carboxylic acid groups (broad SMARTS) is 1. The molecule has 1 atom stereocenters. The molecule has 0 saturated heterocycles. The third-order valence-electron chi connectivity index (χ3n) is 1.79. The summed E-state index contributed by atoms with van der Waals surface area (Å²) in [5.74, 6) is -1.09. The Kier molecular flexibility index (Phi) is 6.44. The average Bonchev–Trinajstić information content (AvgIpc) is 2.03. The SMILES string of the molecule is CCCCCC=CC(C)C(=O)O. The van der Waals surface area contributed by atoms with Gasteiger partial charge in [-0.3, -0.25) is 4.79 Å². The predicted molar refractivity (Wildman–Crippen MR) is 50.1 cm³/mol. The Morgan fingerprint density at radius 1 is 1.50 bits per heavy atom. The molecule has 0 heterocycles. The second-order valence-corrected chi connectivity index (χ2v) is 3.05. The van der Waals surface area contributed by atoms with Crippen LogP contribution in [0, 0.1) is 5.92 Å². The summed E-state index contributed by atoms with van der Waals surface area (Å²) in [7, 11) is 0. The van der Waals surface area contributed by atoms with Crippen molar-refractivity contribution < 1.29 is 9.90 Å². The van der Waals surface area contributed by atoms with Gasteiger partial charge in [0.05, 0.1) is 5.92 Å². The summed E-state index contributed by atoms with van der Waals surface area (Å²) in [6.07, 6.45) is 8.34. The maximum absolute atomic E-state index is 10.4. The normalized spacial score (nSPS) is 13.5. The first kappa shape index (κ1) is 11.2. The first-order valence-electron chi connectivity index (χ1n) is 4.58. The molecular weight excluding hydrogens is 152 g/mol. The van der Waals surface area contributed by atoms with E-state index in [2.05, 4.69) is 6.92 Å². The van der Waals surface area contributed by atoms with E-state index in [4.69, 9.17) is 5.11 Å². The molecule has 12 heavy (non-hydrogen) atoms. The Morgan fingerprint density at radius 3 is 2.67 bits per heavy atom. The van der Waals surface area contributed by atoms with Crippen LogP contribution in [0.25, 0.3) is 0 Å². The molecule has 1 unspecified atom stereocenters. The molecule has 0 bridgehead atoms. The van der Waals surface area contributed by atoms with Gasteiger partial charge in [0.1, 0.15) is 0 Å². The van der Waals surface area contributed by atoms with Crippen molar-refractivity contribution in [2.45, 2.75) is 39.5 Å². The van der Waals surface area contributed by atoms with Gasteiger partial charge in [0.2, 0.25) is 0 Å². The minimum atomic E-state index is -0.748. The number of allylic oxidation sites excluding steroid dienone is 1. The first-order chi connectivity index (χ1) is 5.68. The third kappa shape index (κ3) is 5.96. The predicted octanol–water partition coefficient (Wildman–Crippen LogP) is 2.84. The second-order valence-electron chi connectivity index (χ2n) is 3.05. The fourth-order valence-corrected chi connectivity index (χ4v) is 0.895. The average molecular weight is 170 g/mol. The lowest BCUT2D eigenvalue weighted by atomic mass is 10.1. The molecule has 0 aliphatic heterocycles. The molecular formula is C10H18O2. The highest BCUT2D eigenvalue weighted by Gasteiger charge is 2.04. The van der Waals surface area contributed by atoms with Crippen LogP contribution in [0.15, 0.2) is 12.2 Å². The molecule has 0 aliphatic carbocycles. The largest absolute Gasteiger partial charge is 0.481 e. The summed E-state index contributed by atoms with van der Waals surface area (Å²) in [5, 5.41) is 8.53. The van der Waals surface area contributed by atoms with Crippen LogP contribution < -0.4 is 0 Å². The molecule has 2 nitrogen and oxygen atoms in total. The molecule has 0 radical (unpaired) electrons. The molecule has 0 spiro atoms. The van der Waals surface area contributed by atoms with Crippen molar-refractivity contribution in [1.82, 2.24) is 0 Å². The van der Waals surface area contributed by atoms with Gasteiger partial charge >= 0.3 is 5.97 Å². The summed E-state index contributed by atoms with van der Waals surface area (Å²) >= 11 is 0. The van der Waals surface area contributed by atoms with Crippen LogP contribution >= 0.6 is 0 Å². The summed E-state index contributed by atoms with van der Waals surface area (Å²) < 4.78 is 0. The van der Waals surface area contributed by atoms with Crippen LogP contribution in [0.4, 0.5) is 0 Å². The van der Waals surface area contributed by atoms with E-state index in [0.29, 0.717) is 0 Å². The van der Waals surface area contributed by atoms with E-state index >= 15 is 0 Å². The summed E-state index contributed by atoms with van der Waals surface area (Å²) in [5.41, 5.74) is 0. The third-order valence-corrected chi connectivity index (χ3v) is 1.79. The Hall–Kier alpha value is -0.790. The van der Waals surface area contributed by atoms with Gasteiger partial charge in [-0.05, 0) is 19.8 Å². The molecule has 0 amide bonds. The maximum Gasteiger partial charge on any atom is 0.310 e. The Bertz CT molecular complexity index is 150. The summed E-state index contributed by atoms with van der Waals surface area (Å²) in [6, 6.07) is 0. The molecule has 70 valence electrons.